The molecular weight excluding hydrogens is 306 g/mol. The molecule has 0 unspecified atom stereocenters. The summed E-state index contributed by atoms with van der Waals surface area (Å²) in [4.78, 5) is 2.62. The molecule has 1 aliphatic rings. The van der Waals surface area contributed by atoms with Crippen molar-refractivity contribution in [2.45, 2.75) is 91.5 Å². The molecule has 1 fully saturated rings. The van der Waals surface area contributed by atoms with Gasteiger partial charge in [-0.05, 0) is 63.5 Å². The number of nitrogens with one attached hydrogen (secondary N) is 2. The Morgan fingerprint density at radius 1 is 0.760 bits per heavy atom. The van der Waals surface area contributed by atoms with Crippen molar-refractivity contribution in [2.75, 3.05) is 39.3 Å². The van der Waals surface area contributed by atoms with Crippen molar-refractivity contribution in [3.8, 4) is 0 Å². The molecule has 3 nitrogen and oxygen atoms in total. The van der Waals surface area contributed by atoms with Crippen molar-refractivity contribution in [1.82, 2.24) is 15.5 Å². The molecule has 0 radical (unpaired) electrons. The molecule has 150 valence electrons. The minimum absolute atomic E-state index is 0.748. The summed E-state index contributed by atoms with van der Waals surface area (Å²) in [6.45, 7) is 16.8. The van der Waals surface area contributed by atoms with Gasteiger partial charge in [-0.25, -0.2) is 0 Å². The fourth-order valence-corrected chi connectivity index (χ4v) is 3.65. The Morgan fingerprint density at radius 3 is 1.92 bits per heavy atom. The Balaban J connectivity index is 1.98. The van der Waals surface area contributed by atoms with Gasteiger partial charge in [0.05, 0.1) is 0 Å². The maximum Gasteiger partial charge on any atom is 0.0107 e. The van der Waals surface area contributed by atoms with Gasteiger partial charge in [0.2, 0.25) is 0 Å². The lowest BCUT2D eigenvalue weighted by Gasteiger charge is -2.27. The lowest BCUT2D eigenvalue weighted by Crippen LogP contribution is -2.43. The number of hydrogen-bond acceptors (Lipinski definition) is 3. The molecule has 0 aromatic rings. The van der Waals surface area contributed by atoms with Crippen LogP contribution < -0.4 is 10.6 Å². The first kappa shape index (κ1) is 22.9. The minimum Gasteiger partial charge on any atom is -0.314 e. The first-order valence-corrected chi connectivity index (χ1v) is 11.2. The Kier molecular flexibility index (Phi) is 13.7. The highest BCUT2D eigenvalue weighted by molar-refractivity contribution is 4.69. The predicted octanol–water partition coefficient (Wildman–Crippen LogP) is 4.67. The van der Waals surface area contributed by atoms with Gasteiger partial charge in [0.15, 0.2) is 0 Å². The van der Waals surface area contributed by atoms with Crippen LogP contribution in [0.1, 0.15) is 85.5 Å². The van der Waals surface area contributed by atoms with Crippen molar-refractivity contribution < 1.29 is 0 Å². The van der Waals surface area contributed by atoms with Gasteiger partial charge in [-0.1, -0.05) is 47.0 Å². The maximum atomic E-state index is 3.86. The maximum absolute atomic E-state index is 3.86. The highest BCUT2D eigenvalue weighted by atomic mass is 15.2. The van der Waals surface area contributed by atoms with E-state index in [1.165, 1.54) is 97.1 Å². The van der Waals surface area contributed by atoms with E-state index in [-0.39, 0.29) is 0 Å². The first-order chi connectivity index (χ1) is 12.1. The lowest BCUT2D eigenvalue weighted by atomic mass is 9.96. The summed E-state index contributed by atoms with van der Waals surface area (Å²) in [5, 5.41) is 7.29. The summed E-state index contributed by atoms with van der Waals surface area (Å²) in [5.41, 5.74) is 0. The molecule has 0 atom stereocenters. The normalized spacial score (nSPS) is 16.4. The smallest absolute Gasteiger partial charge is 0.0107 e. The van der Waals surface area contributed by atoms with Crippen molar-refractivity contribution >= 4 is 0 Å². The molecule has 1 aliphatic heterocycles. The molecule has 1 saturated heterocycles. The third kappa shape index (κ3) is 13.7. The molecule has 0 aliphatic carbocycles. The summed E-state index contributed by atoms with van der Waals surface area (Å²) in [6, 6.07) is 0.748. The zero-order valence-electron chi connectivity index (χ0n) is 17.8. The van der Waals surface area contributed by atoms with Crippen LogP contribution in [-0.2, 0) is 0 Å². The summed E-state index contributed by atoms with van der Waals surface area (Å²) in [6.07, 6.45) is 12.4. The minimum atomic E-state index is 0.748. The molecule has 0 spiro atoms. The third-order valence-corrected chi connectivity index (χ3v) is 5.48. The molecule has 0 aromatic heterocycles. The number of hydrogen-bond donors (Lipinski definition) is 2. The Labute approximate surface area is 158 Å². The standard InChI is InChI=1S/C22H47N3/c1-20(2)10-12-22(13-11-21(3)4)24-14-8-6-5-7-9-17-25-18-15-23-16-19-25/h20-24H,5-19H2,1-4H3. The molecule has 25 heavy (non-hydrogen) atoms. The summed E-state index contributed by atoms with van der Waals surface area (Å²) in [7, 11) is 0. The predicted molar refractivity (Wildman–Crippen MR) is 112 cm³/mol. The van der Waals surface area contributed by atoms with Gasteiger partial charge in [-0.2, -0.15) is 0 Å². The van der Waals surface area contributed by atoms with E-state index in [4.69, 9.17) is 0 Å². The number of unbranched alkanes of at least 4 members (excludes halogenated alkanes) is 4. The quantitative estimate of drug-likeness (QED) is 0.419. The van der Waals surface area contributed by atoms with Gasteiger partial charge in [-0.3, -0.25) is 0 Å². The molecule has 0 saturated carbocycles. The van der Waals surface area contributed by atoms with Crippen LogP contribution in [0.2, 0.25) is 0 Å². The fourth-order valence-electron chi connectivity index (χ4n) is 3.65. The molecule has 0 aromatic carbocycles. The summed E-state index contributed by atoms with van der Waals surface area (Å²) < 4.78 is 0. The van der Waals surface area contributed by atoms with Crippen LogP contribution in [0.4, 0.5) is 0 Å². The van der Waals surface area contributed by atoms with Crippen LogP contribution in [0, 0.1) is 11.8 Å². The fraction of sp³-hybridized carbons (Fsp3) is 1.00. The third-order valence-electron chi connectivity index (χ3n) is 5.48. The second kappa shape index (κ2) is 15.0. The van der Waals surface area contributed by atoms with E-state index in [0.717, 1.165) is 17.9 Å². The highest BCUT2D eigenvalue weighted by Gasteiger charge is 2.10. The van der Waals surface area contributed by atoms with Crippen LogP contribution in [0.25, 0.3) is 0 Å². The topological polar surface area (TPSA) is 27.3 Å². The zero-order chi connectivity index (χ0) is 18.3. The van der Waals surface area contributed by atoms with Crippen molar-refractivity contribution in [3.05, 3.63) is 0 Å². The van der Waals surface area contributed by atoms with Crippen LogP contribution in [-0.4, -0.2) is 50.2 Å². The number of rotatable bonds is 15. The van der Waals surface area contributed by atoms with Crippen molar-refractivity contribution in [1.29, 1.82) is 0 Å². The largest absolute Gasteiger partial charge is 0.314 e. The molecule has 1 heterocycles. The molecule has 1 rings (SSSR count). The van der Waals surface area contributed by atoms with E-state index in [2.05, 4.69) is 43.2 Å². The molecule has 0 bridgehead atoms. The van der Waals surface area contributed by atoms with Gasteiger partial charge in [0.1, 0.15) is 0 Å². The SMILES string of the molecule is CC(C)CCC(CCC(C)C)NCCCCCCCN1CCNCC1. The Morgan fingerprint density at radius 2 is 1.32 bits per heavy atom. The molecule has 3 heteroatoms. The van der Waals surface area contributed by atoms with Gasteiger partial charge < -0.3 is 15.5 Å². The van der Waals surface area contributed by atoms with E-state index < -0.39 is 0 Å². The second-order valence-corrected chi connectivity index (χ2v) is 8.95. The van der Waals surface area contributed by atoms with Crippen molar-refractivity contribution in [3.63, 3.8) is 0 Å². The van der Waals surface area contributed by atoms with Crippen LogP contribution in [0.5, 0.6) is 0 Å². The van der Waals surface area contributed by atoms with Gasteiger partial charge >= 0.3 is 0 Å². The average Bonchev–Trinajstić information content (AvgIpc) is 2.59. The van der Waals surface area contributed by atoms with Gasteiger partial charge in [-0.15, -0.1) is 0 Å². The zero-order valence-corrected chi connectivity index (χ0v) is 17.8. The van der Waals surface area contributed by atoms with E-state index in [1.807, 2.05) is 0 Å². The first-order valence-electron chi connectivity index (χ1n) is 11.2. The number of piperazine rings is 1. The lowest BCUT2D eigenvalue weighted by molar-refractivity contribution is 0.236. The second-order valence-electron chi connectivity index (χ2n) is 8.95. The van der Waals surface area contributed by atoms with Crippen LogP contribution in [0.15, 0.2) is 0 Å². The molecular formula is C22H47N3. The highest BCUT2D eigenvalue weighted by Crippen LogP contribution is 2.14. The number of nitrogens with zero attached hydrogens (tertiary/aromatic N) is 1. The Hall–Kier alpha value is -0.120. The van der Waals surface area contributed by atoms with Crippen molar-refractivity contribution in [2.24, 2.45) is 11.8 Å². The van der Waals surface area contributed by atoms with Gasteiger partial charge in [0, 0.05) is 32.2 Å². The van der Waals surface area contributed by atoms with Crippen LogP contribution in [0.3, 0.4) is 0 Å². The van der Waals surface area contributed by atoms with E-state index >= 15 is 0 Å². The van der Waals surface area contributed by atoms with E-state index in [0.29, 0.717) is 0 Å². The monoisotopic (exact) mass is 353 g/mol. The van der Waals surface area contributed by atoms with Crippen LogP contribution >= 0.6 is 0 Å². The average molecular weight is 354 g/mol. The van der Waals surface area contributed by atoms with Gasteiger partial charge in [0.25, 0.3) is 0 Å². The van der Waals surface area contributed by atoms with E-state index in [1.54, 1.807) is 0 Å². The molecule has 0 amide bonds. The molecule has 2 N–H and O–H groups in total. The summed E-state index contributed by atoms with van der Waals surface area (Å²) in [5.74, 6) is 1.66. The summed E-state index contributed by atoms with van der Waals surface area (Å²) >= 11 is 0. The van der Waals surface area contributed by atoms with E-state index in [9.17, 15) is 0 Å². The Bertz CT molecular complexity index is 273.